The number of rotatable bonds is 5. The minimum Gasteiger partial charge on any atom is -0.398 e. The van der Waals surface area contributed by atoms with Crippen LogP contribution in [-0.2, 0) is 6.54 Å². The number of nitrogens with zero attached hydrogens (tertiary/aromatic N) is 1. The molecule has 0 fully saturated rings. The van der Waals surface area contributed by atoms with Crippen molar-refractivity contribution in [3.63, 3.8) is 0 Å². The monoisotopic (exact) mass is 287 g/mol. The van der Waals surface area contributed by atoms with Crippen LogP contribution in [0.15, 0.2) is 42.5 Å². The normalized spacial score (nSPS) is 10.4. The molecule has 21 heavy (non-hydrogen) atoms. The van der Waals surface area contributed by atoms with E-state index in [4.69, 9.17) is 11.5 Å². The molecule has 0 bridgehead atoms. The number of primary amides is 1. The molecule has 0 aromatic heterocycles. The molecule has 1 amide bonds. The molecule has 0 radical (unpaired) electrons. The highest BCUT2D eigenvalue weighted by Gasteiger charge is 2.15. The van der Waals surface area contributed by atoms with E-state index in [0.717, 1.165) is 11.6 Å². The molecule has 2 aromatic rings. The summed E-state index contributed by atoms with van der Waals surface area (Å²) in [6, 6.07) is 11.6. The van der Waals surface area contributed by atoms with E-state index in [1.54, 1.807) is 6.07 Å². The first-order valence-corrected chi connectivity index (χ1v) is 6.70. The van der Waals surface area contributed by atoms with Crippen molar-refractivity contribution in [1.82, 2.24) is 0 Å². The lowest BCUT2D eigenvalue weighted by Gasteiger charge is -2.25. The van der Waals surface area contributed by atoms with Gasteiger partial charge in [-0.2, -0.15) is 0 Å². The minimum atomic E-state index is -0.649. The van der Waals surface area contributed by atoms with Gasteiger partial charge in [-0.25, -0.2) is 4.39 Å². The lowest BCUT2D eigenvalue weighted by Crippen LogP contribution is -2.26. The summed E-state index contributed by atoms with van der Waals surface area (Å²) >= 11 is 0. The molecule has 0 aliphatic heterocycles. The van der Waals surface area contributed by atoms with Gasteiger partial charge in [-0.3, -0.25) is 4.79 Å². The van der Waals surface area contributed by atoms with Crippen LogP contribution >= 0.6 is 0 Å². The number of para-hydroxylation sites is 1. The van der Waals surface area contributed by atoms with Crippen LogP contribution in [0.2, 0.25) is 0 Å². The van der Waals surface area contributed by atoms with E-state index in [9.17, 15) is 9.18 Å². The van der Waals surface area contributed by atoms with Gasteiger partial charge in [0.15, 0.2) is 0 Å². The molecule has 0 saturated carbocycles. The summed E-state index contributed by atoms with van der Waals surface area (Å²) in [6.07, 6.45) is 0. The molecule has 0 aliphatic carbocycles. The van der Waals surface area contributed by atoms with Crippen molar-refractivity contribution in [1.29, 1.82) is 0 Å². The first kappa shape index (κ1) is 14.8. The molecule has 2 rings (SSSR count). The maximum atomic E-state index is 13.3. The van der Waals surface area contributed by atoms with Crippen molar-refractivity contribution in [3.05, 3.63) is 59.4 Å². The highest BCUT2D eigenvalue weighted by Crippen LogP contribution is 2.24. The second kappa shape index (κ2) is 6.26. The molecule has 0 aliphatic rings. The molecule has 0 atom stereocenters. The number of hydrogen-bond acceptors (Lipinski definition) is 3. The highest BCUT2D eigenvalue weighted by molar-refractivity contribution is 5.98. The van der Waals surface area contributed by atoms with E-state index in [0.29, 0.717) is 24.5 Å². The summed E-state index contributed by atoms with van der Waals surface area (Å²) in [6.45, 7) is 3.11. The van der Waals surface area contributed by atoms with Crippen molar-refractivity contribution in [2.24, 2.45) is 5.73 Å². The second-order valence-corrected chi connectivity index (χ2v) is 4.74. The lowest BCUT2D eigenvalue weighted by molar-refractivity contribution is 0.100. The molecule has 4 nitrogen and oxygen atoms in total. The SMILES string of the molecule is CCN(Cc1ccccc1N)c1ccc(F)cc1C(N)=O. The Morgan fingerprint density at radius 3 is 2.57 bits per heavy atom. The molecule has 0 saturated heterocycles. The van der Waals surface area contributed by atoms with Gasteiger partial charge in [0.25, 0.3) is 5.91 Å². The van der Waals surface area contributed by atoms with Crippen LogP contribution < -0.4 is 16.4 Å². The van der Waals surface area contributed by atoms with Crippen molar-refractivity contribution >= 4 is 17.3 Å². The number of carbonyl (C=O) groups excluding carboxylic acids is 1. The zero-order valence-corrected chi connectivity index (χ0v) is 11.8. The van der Waals surface area contributed by atoms with Gasteiger partial charge in [-0.1, -0.05) is 18.2 Å². The number of hydrogen-bond donors (Lipinski definition) is 2. The number of nitrogen functional groups attached to an aromatic ring is 1. The Balaban J connectivity index is 2.38. The van der Waals surface area contributed by atoms with Gasteiger partial charge in [0.1, 0.15) is 5.82 Å². The van der Waals surface area contributed by atoms with Crippen LogP contribution in [0.4, 0.5) is 15.8 Å². The Bertz CT molecular complexity index is 658. The molecule has 0 unspecified atom stereocenters. The van der Waals surface area contributed by atoms with Crippen LogP contribution in [0.1, 0.15) is 22.8 Å². The zero-order valence-electron chi connectivity index (χ0n) is 11.8. The summed E-state index contributed by atoms with van der Waals surface area (Å²) in [5.41, 5.74) is 13.7. The van der Waals surface area contributed by atoms with Crippen molar-refractivity contribution in [3.8, 4) is 0 Å². The Morgan fingerprint density at radius 2 is 1.95 bits per heavy atom. The summed E-state index contributed by atoms with van der Waals surface area (Å²) < 4.78 is 13.3. The van der Waals surface area contributed by atoms with E-state index in [1.165, 1.54) is 6.07 Å². The number of carbonyl (C=O) groups is 1. The third-order valence-corrected chi connectivity index (χ3v) is 3.36. The van der Waals surface area contributed by atoms with Gasteiger partial charge >= 0.3 is 0 Å². The maximum Gasteiger partial charge on any atom is 0.250 e. The van der Waals surface area contributed by atoms with Crippen LogP contribution in [0.5, 0.6) is 0 Å². The van der Waals surface area contributed by atoms with Gasteiger partial charge < -0.3 is 16.4 Å². The summed E-state index contributed by atoms with van der Waals surface area (Å²) in [5, 5.41) is 0. The van der Waals surface area contributed by atoms with Gasteiger partial charge in [-0.05, 0) is 36.8 Å². The second-order valence-electron chi connectivity index (χ2n) is 4.74. The van der Waals surface area contributed by atoms with Gasteiger partial charge in [0.05, 0.1) is 11.3 Å². The number of amides is 1. The predicted octanol–water partition coefficient (Wildman–Crippen LogP) is 2.53. The Morgan fingerprint density at radius 1 is 1.24 bits per heavy atom. The molecule has 4 N–H and O–H groups in total. The van der Waals surface area contributed by atoms with Crippen molar-refractivity contribution in [2.75, 3.05) is 17.2 Å². The number of halogens is 1. The Kier molecular flexibility index (Phi) is 4.42. The Hall–Kier alpha value is -2.56. The molecule has 5 heteroatoms. The average molecular weight is 287 g/mol. The van der Waals surface area contributed by atoms with Gasteiger partial charge in [0, 0.05) is 18.8 Å². The van der Waals surface area contributed by atoms with Crippen LogP contribution in [0, 0.1) is 5.82 Å². The van der Waals surface area contributed by atoms with E-state index in [-0.39, 0.29) is 5.56 Å². The molecular formula is C16H18FN3O. The first-order chi connectivity index (χ1) is 10.0. The third-order valence-electron chi connectivity index (χ3n) is 3.36. The molecule has 110 valence electrons. The molecule has 2 aromatic carbocycles. The molecular weight excluding hydrogens is 269 g/mol. The first-order valence-electron chi connectivity index (χ1n) is 6.70. The van der Waals surface area contributed by atoms with E-state index >= 15 is 0 Å². The average Bonchev–Trinajstić information content (AvgIpc) is 2.46. The van der Waals surface area contributed by atoms with Gasteiger partial charge in [-0.15, -0.1) is 0 Å². The third kappa shape index (κ3) is 3.31. The quantitative estimate of drug-likeness (QED) is 0.830. The van der Waals surface area contributed by atoms with Crippen LogP contribution in [-0.4, -0.2) is 12.5 Å². The Labute approximate surface area is 123 Å². The summed E-state index contributed by atoms with van der Waals surface area (Å²) in [5.74, 6) is -1.13. The highest BCUT2D eigenvalue weighted by atomic mass is 19.1. The van der Waals surface area contributed by atoms with E-state index < -0.39 is 11.7 Å². The van der Waals surface area contributed by atoms with E-state index in [2.05, 4.69) is 0 Å². The topological polar surface area (TPSA) is 72.3 Å². The standard InChI is InChI=1S/C16H18FN3O/c1-2-20(10-11-5-3-4-6-14(11)18)15-8-7-12(17)9-13(15)16(19)21/h3-9H,2,10,18H2,1H3,(H2,19,21). The van der Waals surface area contributed by atoms with Gasteiger partial charge in [0.2, 0.25) is 0 Å². The summed E-state index contributed by atoms with van der Waals surface area (Å²) in [7, 11) is 0. The van der Waals surface area contributed by atoms with Crippen molar-refractivity contribution in [2.45, 2.75) is 13.5 Å². The van der Waals surface area contributed by atoms with Crippen molar-refractivity contribution < 1.29 is 9.18 Å². The fourth-order valence-electron chi connectivity index (χ4n) is 2.23. The number of nitrogens with two attached hydrogens (primary N) is 2. The van der Waals surface area contributed by atoms with Crippen LogP contribution in [0.3, 0.4) is 0 Å². The predicted molar refractivity (Wildman–Crippen MR) is 82.5 cm³/mol. The number of benzene rings is 2. The zero-order chi connectivity index (χ0) is 15.4. The smallest absolute Gasteiger partial charge is 0.250 e. The minimum absolute atomic E-state index is 0.173. The maximum absolute atomic E-state index is 13.3. The summed E-state index contributed by atoms with van der Waals surface area (Å²) in [4.78, 5) is 13.5. The largest absolute Gasteiger partial charge is 0.398 e. The molecule has 0 heterocycles. The van der Waals surface area contributed by atoms with E-state index in [1.807, 2.05) is 36.1 Å². The fourth-order valence-corrected chi connectivity index (χ4v) is 2.23. The molecule has 0 spiro atoms. The number of anilines is 2. The fraction of sp³-hybridized carbons (Fsp3) is 0.188. The lowest BCUT2D eigenvalue weighted by atomic mass is 10.1. The van der Waals surface area contributed by atoms with Crippen LogP contribution in [0.25, 0.3) is 0 Å².